The normalized spacial score (nSPS) is 11.7. The molecule has 1 heterocycles. The van der Waals surface area contributed by atoms with Gasteiger partial charge in [-0.3, -0.25) is 4.79 Å². The molecular weight excluding hydrogens is 378 g/mol. The van der Waals surface area contributed by atoms with E-state index in [2.05, 4.69) is 26.5 Å². The molecular formula is C16H14BrN3O2S. The second kappa shape index (κ2) is 6.97. The molecule has 0 unspecified atom stereocenters. The van der Waals surface area contributed by atoms with E-state index >= 15 is 0 Å². The van der Waals surface area contributed by atoms with Crippen LogP contribution in [0.1, 0.15) is 0 Å². The van der Waals surface area contributed by atoms with Crippen LogP contribution >= 0.6 is 27.3 Å². The number of nitrogens with zero attached hydrogens (tertiary/aromatic N) is 2. The average molecular weight is 392 g/mol. The van der Waals surface area contributed by atoms with Crippen molar-refractivity contribution >= 4 is 43.4 Å². The summed E-state index contributed by atoms with van der Waals surface area (Å²) in [5.74, 6) is 0.334. The lowest BCUT2D eigenvalue weighted by Gasteiger charge is -2.04. The van der Waals surface area contributed by atoms with Crippen LogP contribution in [-0.2, 0) is 11.8 Å². The van der Waals surface area contributed by atoms with Crippen molar-refractivity contribution in [3.05, 3.63) is 57.8 Å². The fourth-order valence-electron chi connectivity index (χ4n) is 2.01. The van der Waals surface area contributed by atoms with Crippen LogP contribution in [0.25, 0.3) is 10.2 Å². The molecule has 0 bridgehead atoms. The first kappa shape index (κ1) is 15.8. The van der Waals surface area contributed by atoms with Gasteiger partial charge < -0.3 is 9.30 Å². The van der Waals surface area contributed by atoms with E-state index in [1.807, 2.05) is 48.0 Å². The summed E-state index contributed by atoms with van der Waals surface area (Å²) in [5.41, 5.74) is 3.60. The lowest BCUT2D eigenvalue weighted by molar-refractivity contribution is -0.123. The molecule has 0 aliphatic heterocycles. The molecule has 2 aromatic carbocycles. The highest BCUT2D eigenvalue weighted by Crippen LogP contribution is 2.16. The summed E-state index contributed by atoms with van der Waals surface area (Å²) in [6.07, 6.45) is 0. The summed E-state index contributed by atoms with van der Waals surface area (Å²) in [6.45, 7) is -0.0836. The van der Waals surface area contributed by atoms with Crippen LogP contribution in [0.5, 0.6) is 5.75 Å². The Morgan fingerprint density at radius 2 is 2.00 bits per heavy atom. The van der Waals surface area contributed by atoms with E-state index < -0.39 is 0 Å². The smallest absolute Gasteiger partial charge is 0.278 e. The number of hydrogen-bond acceptors (Lipinski definition) is 4. The summed E-state index contributed by atoms with van der Waals surface area (Å²) < 4.78 is 9.42. The van der Waals surface area contributed by atoms with E-state index in [9.17, 15) is 4.79 Å². The molecule has 23 heavy (non-hydrogen) atoms. The number of thiazole rings is 1. The molecule has 1 amide bonds. The SMILES string of the molecule is Cn1/c(=N\NC(=O)COc2ccc(Br)cc2)sc2ccccc21. The van der Waals surface area contributed by atoms with Gasteiger partial charge in [-0.15, -0.1) is 5.10 Å². The minimum absolute atomic E-state index is 0.0836. The second-order valence-electron chi connectivity index (χ2n) is 4.80. The maximum Gasteiger partial charge on any atom is 0.278 e. The van der Waals surface area contributed by atoms with Crippen LogP contribution in [0, 0.1) is 0 Å². The Labute approximate surface area is 145 Å². The van der Waals surface area contributed by atoms with Crippen LogP contribution in [0.4, 0.5) is 0 Å². The molecule has 0 aliphatic carbocycles. The number of para-hydroxylation sites is 1. The van der Waals surface area contributed by atoms with Crippen LogP contribution in [-0.4, -0.2) is 17.1 Å². The van der Waals surface area contributed by atoms with Crippen LogP contribution < -0.4 is 15.0 Å². The van der Waals surface area contributed by atoms with Crippen molar-refractivity contribution in [2.24, 2.45) is 12.1 Å². The Bertz CT molecular complexity index is 900. The van der Waals surface area contributed by atoms with Gasteiger partial charge in [-0.1, -0.05) is 39.4 Å². The van der Waals surface area contributed by atoms with Gasteiger partial charge in [-0.25, -0.2) is 5.43 Å². The number of benzene rings is 2. The number of rotatable bonds is 4. The number of nitrogens with one attached hydrogen (secondary N) is 1. The average Bonchev–Trinajstić information content (AvgIpc) is 2.89. The quantitative estimate of drug-likeness (QED) is 0.694. The summed E-state index contributed by atoms with van der Waals surface area (Å²) in [6, 6.07) is 15.3. The molecule has 0 spiro atoms. The number of carbonyl (C=O) groups is 1. The molecule has 1 N–H and O–H groups in total. The Kier molecular flexibility index (Phi) is 4.78. The van der Waals surface area contributed by atoms with Gasteiger partial charge in [0.25, 0.3) is 5.91 Å². The van der Waals surface area contributed by atoms with Gasteiger partial charge in [0.1, 0.15) is 5.75 Å². The van der Waals surface area contributed by atoms with Crippen LogP contribution in [0.15, 0.2) is 58.1 Å². The first-order valence-electron chi connectivity index (χ1n) is 6.89. The van der Waals surface area contributed by atoms with E-state index in [1.54, 1.807) is 12.1 Å². The molecule has 0 radical (unpaired) electrons. The van der Waals surface area contributed by atoms with Crippen molar-refractivity contribution in [2.75, 3.05) is 6.61 Å². The molecule has 0 fully saturated rings. The van der Waals surface area contributed by atoms with Gasteiger partial charge in [0.2, 0.25) is 4.80 Å². The first-order valence-corrected chi connectivity index (χ1v) is 8.50. The predicted molar refractivity (Wildman–Crippen MR) is 94.1 cm³/mol. The minimum Gasteiger partial charge on any atom is -0.484 e. The lowest BCUT2D eigenvalue weighted by Crippen LogP contribution is -2.27. The molecule has 1 aromatic heterocycles. The lowest BCUT2D eigenvalue weighted by atomic mass is 10.3. The molecule has 118 valence electrons. The number of carbonyl (C=O) groups excluding carboxylic acids is 1. The van der Waals surface area contributed by atoms with Crippen LogP contribution in [0.2, 0.25) is 0 Å². The molecule has 3 aromatic rings. The Morgan fingerprint density at radius 3 is 2.74 bits per heavy atom. The van der Waals surface area contributed by atoms with E-state index in [1.165, 1.54) is 11.3 Å². The topological polar surface area (TPSA) is 55.6 Å². The number of fused-ring (bicyclic) bond motifs is 1. The van der Waals surface area contributed by atoms with Gasteiger partial charge in [-0.2, -0.15) is 0 Å². The van der Waals surface area contributed by atoms with Crippen LogP contribution in [0.3, 0.4) is 0 Å². The number of hydrogen-bond donors (Lipinski definition) is 1. The number of ether oxygens (including phenoxy) is 1. The summed E-state index contributed by atoms with van der Waals surface area (Å²) in [5, 5.41) is 4.16. The fourth-order valence-corrected chi connectivity index (χ4v) is 3.25. The maximum absolute atomic E-state index is 11.8. The molecule has 3 rings (SSSR count). The molecule has 0 saturated heterocycles. The van der Waals surface area contributed by atoms with Crippen molar-refractivity contribution in [3.63, 3.8) is 0 Å². The molecule has 0 saturated carbocycles. The highest BCUT2D eigenvalue weighted by molar-refractivity contribution is 9.10. The Hall–Kier alpha value is -2.12. The molecule has 0 atom stereocenters. The van der Waals surface area contributed by atoms with Gasteiger partial charge in [-0.05, 0) is 36.4 Å². The highest BCUT2D eigenvalue weighted by Gasteiger charge is 2.04. The van der Waals surface area contributed by atoms with Gasteiger partial charge >= 0.3 is 0 Å². The van der Waals surface area contributed by atoms with E-state index in [0.717, 1.165) is 19.5 Å². The summed E-state index contributed by atoms with van der Waals surface area (Å²) in [4.78, 5) is 12.6. The van der Waals surface area contributed by atoms with Crippen molar-refractivity contribution in [1.82, 2.24) is 9.99 Å². The molecule has 0 aliphatic rings. The number of amides is 1. The van der Waals surface area contributed by atoms with Crippen molar-refractivity contribution in [2.45, 2.75) is 0 Å². The zero-order valence-corrected chi connectivity index (χ0v) is 14.7. The van der Waals surface area contributed by atoms with Gasteiger partial charge in [0, 0.05) is 11.5 Å². The zero-order chi connectivity index (χ0) is 16.2. The Morgan fingerprint density at radius 1 is 1.26 bits per heavy atom. The Balaban J connectivity index is 1.65. The largest absolute Gasteiger partial charge is 0.484 e. The molecule has 5 nitrogen and oxygen atoms in total. The maximum atomic E-state index is 11.8. The minimum atomic E-state index is -0.301. The van der Waals surface area contributed by atoms with Crippen molar-refractivity contribution in [3.8, 4) is 5.75 Å². The fraction of sp³-hybridized carbons (Fsp3) is 0.125. The monoisotopic (exact) mass is 391 g/mol. The third-order valence-corrected chi connectivity index (χ3v) is 4.82. The van der Waals surface area contributed by atoms with Gasteiger partial charge in [0.05, 0.1) is 10.2 Å². The number of aromatic nitrogens is 1. The summed E-state index contributed by atoms with van der Waals surface area (Å²) in [7, 11) is 1.92. The summed E-state index contributed by atoms with van der Waals surface area (Å²) >= 11 is 4.86. The van der Waals surface area contributed by atoms with E-state index in [0.29, 0.717) is 5.75 Å². The first-order chi connectivity index (χ1) is 11.1. The van der Waals surface area contributed by atoms with Crippen molar-refractivity contribution in [1.29, 1.82) is 0 Å². The van der Waals surface area contributed by atoms with Crippen molar-refractivity contribution < 1.29 is 9.53 Å². The number of aryl methyl sites for hydroxylation is 1. The van der Waals surface area contributed by atoms with Gasteiger partial charge in [0.15, 0.2) is 6.61 Å². The number of halogens is 1. The van der Waals surface area contributed by atoms with E-state index in [-0.39, 0.29) is 12.5 Å². The second-order valence-corrected chi connectivity index (χ2v) is 6.73. The molecule has 7 heteroatoms. The van der Waals surface area contributed by atoms with E-state index in [4.69, 9.17) is 4.74 Å². The third kappa shape index (κ3) is 3.80. The third-order valence-electron chi connectivity index (χ3n) is 3.17. The highest BCUT2D eigenvalue weighted by atomic mass is 79.9. The standard InChI is InChI=1S/C16H14BrN3O2S/c1-20-13-4-2-3-5-14(13)23-16(20)19-18-15(21)10-22-12-8-6-11(17)7-9-12/h2-9H,10H2,1H3,(H,18,21)/b19-16+. The predicted octanol–water partition coefficient (Wildman–Crippen LogP) is 3.01. The zero-order valence-electron chi connectivity index (χ0n) is 12.3.